The highest BCUT2D eigenvalue weighted by atomic mass is 35.5. The van der Waals surface area contributed by atoms with Crippen molar-refractivity contribution < 1.29 is 19.1 Å². The van der Waals surface area contributed by atoms with Crippen molar-refractivity contribution in [2.24, 2.45) is 5.92 Å². The molecule has 126 valence electrons. The smallest absolute Gasteiger partial charge is 0.311 e. The number of hydrogen-bond acceptors (Lipinski definition) is 3. The summed E-state index contributed by atoms with van der Waals surface area (Å²) in [6, 6.07) is 5.54. The molecule has 5 nitrogen and oxygen atoms in total. The van der Waals surface area contributed by atoms with Gasteiger partial charge in [0.25, 0.3) is 5.91 Å². The van der Waals surface area contributed by atoms with E-state index in [1.165, 1.54) is 6.26 Å². The molecule has 0 fully saturated rings. The number of furan rings is 1. The molecule has 1 aromatic carbocycles. The van der Waals surface area contributed by atoms with Crippen molar-refractivity contribution in [2.45, 2.75) is 32.7 Å². The minimum Gasteiger partial charge on any atom is -0.481 e. The molecule has 24 heavy (non-hydrogen) atoms. The summed E-state index contributed by atoms with van der Waals surface area (Å²) in [7, 11) is 0. The van der Waals surface area contributed by atoms with Crippen molar-refractivity contribution in [2.75, 3.05) is 0 Å². The van der Waals surface area contributed by atoms with Crippen molar-refractivity contribution in [3.05, 3.63) is 57.5 Å². The van der Waals surface area contributed by atoms with E-state index in [1.54, 1.807) is 6.92 Å². The highest BCUT2D eigenvalue weighted by Crippen LogP contribution is 2.39. The monoisotopic (exact) mass is 347 g/mol. The van der Waals surface area contributed by atoms with Crippen LogP contribution in [0.4, 0.5) is 0 Å². The third kappa shape index (κ3) is 2.91. The van der Waals surface area contributed by atoms with Crippen LogP contribution in [0.15, 0.2) is 28.9 Å². The van der Waals surface area contributed by atoms with Crippen LogP contribution in [0.5, 0.6) is 0 Å². The number of rotatable bonds is 4. The van der Waals surface area contributed by atoms with Crippen LogP contribution in [0, 0.1) is 12.8 Å². The first-order valence-electron chi connectivity index (χ1n) is 7.75. The number of aliphatic carboxylic acids is 1. The molecule has 0 aliphatic heterocycles. The Morgan fingerprint density at radius 3 is 2.88 bits per heavy atom. The molecule has 0 unspecified atom stereocenters. The van der Waals surface area contributed by atoms with Gasteiger partial charge in [-0.25, -0.2) is 0 Å². The molecule has 1 aromatic heterocycles. The minimum absolute atomic E-state index is 0.154. The first-order chi connectivity index (χ1) is 11.4. The predicted molar refractivity (Wildman–Crippen MR) is 89.3 cm³/mol. The molecular formula is C18H18ClNO4. The molecule has 2 atom stereocenters. The fourth-order valence-electron chi connectivity index (χ4n) is 3.33. The second-order valence-electron chi connectivity index (χ2n) is 6.23. The third-order valence-corrected chi connectivity index (χ3v) is 4.82. The van der Waals surface area contributed by atoms with E-state index in [0.29, 0.717) is 16.1 Å². The summed E-state index contributed by atoms with van der Waals surface area (Å²) in [6.45, 7) is 3.79. The van der Waals surface area contributed by atoms with Crippen molar-refractivity contribution in [3.8, 4) is 0 Å². The number of carbonyl (C=O) groups excluding carboxylic acids is 1. The Morgan fingerprint density at radius 1 is 1.42 bits per heavy atom. The summed E-state index contributed by atoms with van der Waals surface area (Å²) in [6.07, 6.45) is 1.89. The van der Waals surface area contributed by atoms with E-state index in [1.807, 2.05) is 18.2 Å². The van der Waals surface area contributed by atoms with Crippen molar-refractivity contribution in [3.63, 3.8) is 0 Å². The minimum atomic E-state index is -1.04. The molecule has 0 spiro atoms. The molecule has 0 radical (unpaired) electrons. The number of carboxylic acids is 1. The second-order valence-corrected chi connectivity index (χ2v) is 6.63. The Balaban J connectivity index is 1.88. The Hall–Kier alpha value is -2.27. The molecule has 1 aliphatic carbocycles. The maximum Gasteiger partial charge on any atom is 0.311 e. The molecule has 1 amide bonds. The maximum atomic E-state index is 12.7. The number of hydrogen-bond donors (Lipinski definition) is 2. The average Bonchev–Trinajstić information content (AvgIpc) is 3.01. The van der Waals surface area contributed by atoms with Crippen LogP contribution in [0.1, 0.15) is 45.8 Å². The third-order valence-electron chi connectivity index (χ3n) is 4.46. The zero-order chi connectivity index (χ0) is 17.4. The van der Waals surface area contributed by atoms with Gasteiger partial charge in [0.1, 0.15) is 12.2 Å². The molecule has 1 aliphatic rings. The number of nitrogens with one attached hydrogen (secondary N) is 1. The number of carboxylic acid groups (broad SMARTS) is 1. The van der Waals surface area contributed by atoms with Gasteiger partial charge in [0.2, 0.25) is 0 Å². The molecule has 1 heterocycles. The van der Waals surface area contributed by atoms with Crippen LogP contribution >= 0.6 is 11.6 Å². The highest BCUT2D eigenvalue weighted by Gasteiger charge is 2.33. The first-order valence-corrected chi connectivity index (χ1v) is 8.13. The van der Waals surface area contributed by atoms with Gasteiger partial charge >= 0.3 is 5.97 Å². The average molecular weight is 348 g/mol. The van der Waals surface area contributed by atoms with Gasteiger partial charge in [-0.15, -0.1) is 0 Å². The van der Waals surface area contributed by atoms with E-state index in [2.05, 4.69) is 12.2 Å². The van der Waals surface area contributed by atoms with E-state index >= 15 is 0 Å². The van der Waals surface area contributed by atoms with Gasteiger partial charge in [-0.05, 0) is 36.5 Å². The van der Waals surface area contributed by atoms with Crippen LogP contribution in [-0.4, -0.2) is 17.0 Å². The lowest BCUT2D eigenvalue weighted by Gasteiger charge is -2.19. The van der Waals surface area contributed by atoms with Gasteiger partial charge in [0.05, 0.1) is 17.9 Å². The molecule has 0 saturated heterocycles. The lowest BCUT2D eigenvalue weighted by Crippen LogP contribution is -2.31. The van der Waals surface area contributed by atoms with Crippen LogP contribution in [0.3, 0.4) is 0 Å². The van der Waals surface area contributed by atoms with E-state index in [0.717, 1.165) is 17.5 Å². The van der Waals surface area contributed by atoms with Crippen LogP contribution in [0.25, 0.3) is 0 Å². The topological polar surface area (TPSA) is 79.5 Å². The van der Waals surface area contributed by atoms with Crippen molar-refractivity contribution in [1.82, 2.24) is 5.32 Å². The molecular weight excluding hydrogens is 330 g/mol. The van der Waals surface area contributed by atoms with Crippen molar-refractivity contribution in [1.29, 1.82) is 0 Å². The number of aryl methyl sites for hydroxylation is 1. The molecule has 2 aromatic rings. The van der Waals surface area contributed by atoms with Gasteiger partial charge in [-0.3, -0.25) is 9.59 Å². The van der Waals surface area contributed by atoms with E-state index < -0.39 is 5.97 Å². The predicted octanol–water partition coefficient (Wildman–Crippen LogP) is 3.53. The fourth-order valence-corrected chi connectivity index (χ4v) is 3.59. The van der Waals surface area contributed by atoms with Gasteiger partial charge in [-0.2, -0.15) is 0 Å². The SMILES string of the molecule is Cc1coc(CC(=O)O)c1C(=O)N[C@H]1c2cccc(Cl)c2C[C@H]1C. The van der Waals surface area contributed by atoms with Crippen LogP contribution in [-0.2, 0) is 17.6 Å². The second kappa shape index (κ2) is 6.32. The Morgan fingerprint density at radius 2 is 2.17 bits per heavy atom. The summed E-state index contributed by atoms with van der Waals surface area (Å²) in [5, 5.41) is 12.7. The van der Waals surface area contributed by atoms with Crippen LogP contribution in [0.2, 0.25) is 5.02 Å². The molecule has 3 rings (SSSR count). The lowest BCUT2D eigenvalue weighted by molar-refractivity contribution is -0.136. The fraction of sp³-hybridized carbons (Fsp3) is 0.333. The Labute approximate surface area is 144 Å². The summed E-state index contributed by atoms with van der Waals surface area (Å²) >= 11 is 6.25. The first kappa shape index (κ1) is 16.6. The molecule has 6 heteroatoms. The van der Waals surface area contributed by atoms with E-state index in [-0.39, 0.29) is 30.0 Å². The largest absolute Gasteiger partial charge is 0.481 e. The lowest BCUT2D eigenvalue weighted by atomic mass is 10.0. The standard InChI is InChI=1S/C18H18ClNO4/c1-9-6-12-11(4-3-5-13(12)19)17(9)20-18(23)16-10(2)8-24-14(16)7-15(21)22/h3-5,8-9,17H,6-7H2,1-2H3,(H,20,23)(H,21,22)/t9-,17-/m1/s1. The van der Waals surface area contributed by atoms with E-state index in [4.69, 9.17) is 21.1 Å². The Kier molecular flexibility index (Phi) is 4.37. The summed E-state index contributed by atoms with van der Waals surface area (Å²) in [5.74, 6) is -0.972. The quantitative estimate of drug-likeness (QED) is 0.886. The van der Waals surface area contributed by atoms with Gasteiger partial charge < -0.3 is 14.8 Å². The highest BCUT2D eigenvalue weighted by molar-refractivity contribution is 6.31. The van der Waals surface area contributed by atoms with Gasteiger partial charge in [0.15, 0.2) is 0 Å². The van der Waals surface area contributed by atoms with E-state index in [9.17, 15) is 9.59 Å². The zero-order valence-electron chi connectivity index (χ0n) is 13.4. The normalized spacial score (nSPS) is 19.1. The summed E-state index contributed by atoms with van der Waals surface area (Å²) in [5.41, 5.74) is 3.01. The number of benzene rings is 1. The summed E-state index contributed by atoms with van der Waals surface area (Å²) in [4.78, 5) is 23.7. The molecule has 2 N–H and O–H groups in total. The summed E-state index contributed by atoms with van der Waals surface area (Å²) < 4.78 is 5.24. The number of amides is 1. The molecule has 0 saturated carbocycles. The number of carbonyl (C=O) groups is 2. The Bertz CT molecular complexity index is 811. The molecule has 0 bridgehead atoms. The van der Waals surface area contributed by atoms with Crippen molar-refractivity contribution >= 4 is 23.5 Å². The zero-order valence-corrected chi connectivity index (χ0v) is 14.2. The maximum absolute atomic E-state index is 12.7. The van der Waals surface area contributed by atoms with Gasteiger partial charge in [-0.1, -0.05) is 30.7 Å². The number of halogens is 1. The van der Waals surface area contributed by atoms with Gasteiger partial charge in [0, 0.05) is 10.6 Å². The van der Waals surface area contributed by atoms with Crippen LogP contribution < -0.4 is 5.32 Å². The number of fused-ring (bicyclic) bond motifs is 1.